The van der Waals surface area contributed by atoms with Crippen molar-refractivity contribution in [1.82, 2.24) is 19.1 Å². The van der Waals surface area contributed by atoms with Gasteiger partial charge in [-0.3, -0.25) is 9.55 Å². The summed E-state index contributed by atoms with van der Waals surface area (Å²) in [4.78, 5) is 10.7. The maximum absolute atomic E-state index is 11.3. The Bertz CT molecular complexity index is 2640. The Labute approximate surface area is 345 Å². The van der Waals surface area contributed by atoms with Crippen molar-refractivity contribution in [3.63, 3.8) is 0 Å². The first-order valence-electron chi connectivity index (χ1n) is 19.6. The van der Waals surface area contributed by atoms with Crippen molar-refractivity contribution < 1.29 is 26.2 Å². The molecule has 8 rings (SSSR count). The minimum absolute atomic E-state index is 0. The van der Waals surface area contributed by atoms with Crippen LogP contribution < -0.4 is 0 Å². The van der Waals surface area contributed by atoms with Gasteiger partial charge < -0.3 is 9.67 Å². The van der Waals surface area contributed by atoms with E-state index >= 15 is 0 Å². The summed E-state index contributed by atoms with van der Waals surface area (Å²) < 4.78 is 4.63. The first-order valence-corrected chi connectivity index (χ1v) is 19.6. The number of phenols is 1. The Hall–Kier alpha value is -5.25. The van der Waals surface area contributed by atoms with Gasteiger partial charge >= 0.3 is 0 Å². The van der Waals surface area contributed by atoms with Crippen LogP contribution in [-0.2, 0) is 21.1 Å². The van der Waals surface area contributed by atoms with E-state index in [0.29, 0.717) is 23.2 Å². The van der Waals surface area contributed by atoms with Gasteiger partial charge in [0, 0.05) is 26.8 Å². The van der Waals surface area contributed by atoms with E-state index in [1.165, 1.54) is 27.9 Å². The first-order chi connectivity index (χ1) is 26.5. The minimum Gasteiger partial charge on any atom is -0.507 e. The molecule has 8 aromatic rings. The molecule has 5 nitrogen and oxygen atoms in total. The standard InChI is InChI=1S/C50H49N4O.Pt/c1-30(2)36-20-14-21-37(31(3)4)47(36)53-43-26-11-10-25-42(43)51-49(53)35-18-13-17-34(29-35)40-24-16-27-44-46(40)52-50(41-19-9-12-28-45(41)55)54(44)48-38(32(5)6)22-15-23-39(48)33(7)8;/h9-28,30-33,55H,1-8H3;/q-1;. The van der Waals surface area contributed by atoms with Gasteiger partial charge in [0.05, 0.1) is 39.1 Å². The van der Waals surface area contributed by atoms with E-state index in [4.69, 9.17) is 9.97 Å². The average molecular weight is 917 g/mol. The maximum Gasteiger partial charge on any atom is 0.148 e. The van der Waals surface area contributed by atoms with Crippen LogP contribution in [-0.4, -0.2) is 24.2 Å². The molecule has 0 fully saturated rings. The number of aromatic hydroxyl groups is 1. The van der Waals surface area contributed by atoms with E-state index < -0.39 is 0 Å². The number of fused-ring (bicyclic) bond motifs is 2. The summed E-state index contributed by atoms with van der Waals surface area (Å²) in [5.74, 6) is 2.95. The molecule has 1 N–H and O–H groups in total. The Morgan fingerprint density at radius 1 is 0.464 bits per heavy atom. The normalized spacial score (nSPS) is 11.8. The molecule has 0 unspecified atom stereocenters. The number of phenolic OH excluding ortho intramolecular Hbond substituents is 1. The molecule has 0 saturated carbocycles. The molecule has 0 saturated heterocycles. The molecule has 286 valence electrons. The van der Waals surface area contributed by atoms with E-state index in [2.05, 4.69) is 168 Å². The number of hydrogen-bond donors (Lipinski definition) is 1. The van der Waals surface area contributed by atoms with Gasteiger partial charge in [0.25, 0.3) is 0 Å². The predicted octanol–water partition coefficient (Wildman–Crippen LogP) is 13.4. The zero-order valence-electron chi connectivity index (χ0n) is 33.4. The molecule has 2 heterocycles. The van der Waals surface area contributed by atoms with Crippen molar-refractivity contribution in [2.45, 2.75) is 79.1 Å². The zero-order chi connectivity index (χ0) is 38.5. The number of rotatable bonds is 9. The minimum atomic E-state index is 0. The fourth-order valence-electron chi connectivity index (χ4n) is 8.12. The first kappa shape index (κ1) is 39.0. The molecule has 6 aromatic carbocycles. The molecular formula is C50H49N4OPt-. The number of imidazole rings is 2. The molecule has 0 spiro atoms. The summed E-state index contributed by atoms with van der Waals surface area (Å²) in [7, 11) is 0. The largest absolute Gasteiger partial charge is 0.507 e. The quantitative estimate of drug-likeness (QED) is 0.147. The van der Waals surface area contributed by atoms with Crippen LogP contribution in [0.15, 0.2) is 121 Å². The molecule has 0 aliphatic rings. The number of aromatic nitrogens is 4. The van der Waals surface area contributed by atoms with E-state index in [9.17, 15) is 5.11 Å². The van der Waals surface area contributed by atoms with Gasteiger partial charge in [0.15, 0.2) is 0 Å². The molecule has 6 heteroatoms. The summed E-state index contributed by atoms with van der Waals surface area (Å²) in [5, 5.41) is 11.3. The molecule has 0 aliphatic carbocycles. The number of benzene rings is 6. The molecule has 56 heavy (non-hydrogen) atoms. The molecule has 0 aliphatic heterocycles. The maximum atomic E-state index is 11.3. The van der Waals surface area contributed by atoms with E-state index in [1.54, 1.807) is 6.07 Å². The molecule has 0 atom stereocenters. The van der Waals surface area contributed by atoms with Crippen LogP contribution in [0.2, 0.25) is 0 Å². The van der Waals surface area contributed by atoms with Gasteiger partial charge in [-0.15, -0.1) is 29.8 Å². The molecule has 0 amide bonds. The van der Waals surface area contributed by atoms with Gasteiger partial charge in [-0.25, -0.2) is 4.98 Å². The number of hydrogen-bond acceptors (Lipinski definition) is 3. The fraction of sp³-hybridized carbons (Fsp3) is 0.240. The van der Waals surface area contributed by atoms with Crippen LogP contribution in [0.5, 0.6) is 5.75 Å². The predicted molar refractivity (Wildman–Crippen MR) is 229 cm³/mol. The summed E-state index contributed by atoms with van der Waals surface area (Å²) in [6.45, 7) is 18.0. The summed E-state index contributed by atoms with van der Waals surface area (Å²) in [5.41, 5.74) is 14.7. The van der Waals surface area contributed by atoms with Gasteiger partial charge in [-0.05, 0) is 76.3 Å². The second kappa shape index (κ2) is 15.7. The van der Waals surface area contributed by atoms with Gasteiger partial charge in [-0.2, -0.15) is 0 Å². The van der Waals surface area contributed by atoms with Crippen molar-refractivity contribution >= 4 is 22.1 Å². The van der Waals surface area contributed by atoms with Crippen LogP contribution in [0.1, 0.15) is 101 Å². The van der Waals surface area contributed by atoms with Crippen molar-refractivity contribution in [2.75, 3.05) is 0 Å². The molecule has 0 bridgehead atoms. The Morgan fingerprint density at radius 2 is 0.929 bits per heavy atom. The second-order valence-electron chi connectivity index (χ2n) is 15.9. The van der Waals surface area contributed by atoms with Crippen LogP contribution in [0.4, 0.5) is 0 Å². The van der Waals surface area contributed by atoms with Crippen molar-refractivity contribution in [1.29, 1.82) is 0 Å². The van der Waals surface area contributed by atoms with Crippen LogP contribution in [0, 0.1) is 6.07 Å². The summed E-state index contributed by atoms with van der Waals surface area (Å²) in [6.07, 6.45) is 0. The van der Waals surface area contributed by atoms with E-state index in [-0.39, 0.29) is 38.7 Å². The second-order valence-corrected chi connectivity index (χ2v) is 15.9. The van der Waals surface area contributed by atoms with Crippen LogP contribution >= 0.6 is 0 Å². The zero-order valence-corrected chi connectivity index (χ0v) is 35.7. The summed E-state index contributed by atoms with van der Waals surface area (Å²) >= 11 is 0. The Morgan fingerprint density at radius 3 is 1.52 bits per heavy atom. The van der Waals surface area contributed by atoms with Crippen molar-refractivity contribution in [2.24, 2.45) is 0 Å². The number of nitrogens with zero attached hydrogens (tertiary/aromatic N) is 4. The fourth-order valence-corrected chi connectivity index (χ4v) is 8.12. The van der Waals surface area contributed by atoms with E-state index in [0.717, 1.165) is 50.3 Å². The SMILES string of the molecule is CC(C)c1cccc(C(C)C)c1-n1c(-c2[c-]c(-c3cccc4c3nc(-c3ccccc3O)n4-c3c(C(C)C)cccc3C(C)C)ccc2)nc2ccccc21.[Pt]. The Kier molecular flexibility index (Phi) is 10.9. The molecule has 2 aromatic heterocycles. The smallest absolute Gasteiger partial charge is 0.148 e. The van der Waals surface area contributed by atoms with Crippen molar-refractivity contribution in [3.05, 3.63) is 150 Å². The Balaban J connectivity index is 0.00000480. The van der Waals surface area contributed by atoms with Crippen LogP contribution in [0.3, 0.4) is 0 Å². The van der Waals surface area contributed by atoms with Crippen LogP contribution in [0.25, 0.3) is 67.3 Å². The molecular weight excluding hydrogens is 868 g/mol. The topological polar surface area (TPSA) is 55.9 Å². The molecule has 0 radical (unpaired) electrons. The van der Waals surface area contributed by atoms with Gasteiger partial charge in [0.2, 0.25) is 0 Å². The van der Waals surface area contributed by atoms with Crippen molar-refractivity contribution in [3.8, 4) is 51.0 Å². The monoisotopic (exact) mass is 916 g/mol. The third-order valence-corrected chi connectivity index (χ3v) is 10.8. The third-order valence-electron chi connectivity index (χ3n) is 10.8. The summed E-state index contributed by atoms with van der Waals surface area (Å²) in [6, 6.07) is 45.8. The third kappa shape index (κ3) is 6.70. The van der Waals surface area contributed by atoms with Gasteiger partial charge in [-0.1, -0.05) is 139 Å². The number of para-hydroxylation sites is 6. The average Bonchev–Trinajstić information content (AvgIpc) is 3.76. The van der Waals surface area contributed by atoms with E-state index in [1.807, 2.05) is 18.2 Å². The van der Waals surface area contributed by atoms with Gasteiger partial charge in [0.1, 0.15) is 11.6 Å².